The van der Waals surface area contributed by atoms with E-state index in [0.717, 1.165) is 15.4 Å². The van der Waals surface area contributed by atoms with E-state index in [2.05, 4.69) is 5.32 Å². The second kappa shape index (κ2) is 15.1. The number of hydrogen-bond donors (Lipinski definition) is 1. The summed E-state index contributed by atoms with van der Waals surface area (Å²) in [6, 6.07) is 24.4. The van der Waals surface area contributed by atoms with Crippen LogP contribution in [0.1, 0.15) is 43.0 Å². The van der Waals surface area contributed by atoms with Crippen LogP contribution in [0.15, 0.2) is 95.9 Å². The molecule has 1 N–H and O–H groups in total. The Labute approximate surface area is 292 Å². The monoisotopic (exact) mass is 713 g/mol. The summed E-state index contributed by atoms with van der Waals surface area (Å²) in [5.41, 5.74) is 2.47. The van der Waals surface area contributed by atoms with Gasteiger partial charge >= 0.3 is 0 Å². The standard InChI is InChI=1S/C36H38Cl3N3O4S/c1-24-11-16-30(17-12-24)47(45,46)42(32-18-15-28(37)19-25(32)2)23-34(43)41(22-27-13-14-29(38)21-31(27)39)33(35(44)40-36(3,4)5)20-26-9-7-6-8-10-26/h6-19,21,33H,20,22-23H2,1-5H3,(H,40,44)/t33-/m0/s1. The first-order valence-corrected chi connectivity index (χ1v) is 17.6. The summed E-state index contributed by atoms with van der Waals surface area (Å²) < 4.78 is 29.6. The third-order valence-corrected chi connectivity index (χ3v) is 10.0. The maximum absolute atomic E-state index is 14.7. The molecule has 0 aromatic heterocycles. The first-order chi connectivity index (χ1) is 22.0. The van der Waals surface area contributed by atoms with Crippen LogP contribution in [-0.2, 0) is 32.6 Å². The molecule has 0 aliphatic rings. The van der Waals surface area contributed by atoms with Crippen LogP contribution in [0.3, 0.4) is 0 Å². The molecular formula is C36H38Cl3N3O4S. The minimum Gasteiger partial charge on any atom is -0.350 e. The minimum atomic E-state index is -4.26. The number of rotatable bonds is 11. The van der Waals surface area contributed by atoms with E-state index >= 15 is 0 Å². The van der Waals surface area contributed by atoms with E-state index in [-0.39, 0.29) is 23.5 Å². The summed E-state index contributed by atoms with van der Waals surface area (Å²) in [7, 11) is -4.26. The van der Waals surface area contributed by atoms with Crippen molar-refractivity contribution in [2.45, 2.75) is 64.1 Å². The summed E-state index contributed by atoms with van der Waals surface area (Å²) in [5, 5.41) is 4.16. The lowest BCUT2D eigenvalue weighted by atomic mass is 10.0. The number of nitrogens with zero attached hydrogens (tertiary/aromatic N) is 2. The average Bonchev–Trinajstić information content (AvgIpc) is 2.98. The smallest absolute Gasteiger partial charge is 0.264 e. The lowest BCUT2D eigenvalue weighted by Crippen LogP contribution is -2.56. The molecule has 0 aliphatic carbocycles. The van der Waals surface area contributed by atoms with Crippen molar-refractivity contribution < 1.29 is 18.0 Å². The lowest BCUT2D eigenvalue weighted by molar-refractivity contribution is -0.140. The van der Waals surface area contributed by atoms with E-state index in [1.165, 1.54) is 17.0 Å². The molecule has 0 radical (unpaired) electrons. The van der Waals surface area contributed by atoms with Gasteiger partial charge < -0.3 is 10.2 Å². The first-order valence-electron chi connectivity index (χ1n) is 15.0. The van der Waals surface area contributed by atoms with Gasteiger partial charge in [0, 0.05) is 33.6 Å². The summed E-state index contributed by atoms with van der Waals surface area (Å²) in [5.74, 6) is -0.999. The SMILES string of the molecule is Cc1ccc(S(=O)(=O)N(CC(=O)N(Cc2ccc(Cl)cc2Cl)[C@@H](Cc2ccccc2)C(=O)NC(C)(C)C)c2ccc(Cl)cc2C)cc1. The fourth-order valence-electron chi connectivity index (χ4n) is 5.09. The molecule has 0 bridgehead atoms. The number of aryl methyl sites for hydroxylation is 2. The van der Waals surface area contributed by atoms with Crippen molar-refractivity contribution in [2.75, 3.05) is 10.8 Å². The molecule has 0 spiro atoms. The van der Waals surface area contributed by atoms with Crippen molar-refractivity contribution in [1.29, 1.82) is 0 Å². The Morgan fingerprint density at radius 3 is 2.04 bits per heavy atom. The van der Waals surface area contributed by atoms with E-state index in [0.29, 0.717) is 26.2 Å². The van der Waals surface area contributed by atoms with Crippen molar-refractivity contribution in [3.63, 3.8) is 0 Å². The zero-order chi connectivity index (χ0) is 34.5. The largest absolute Gasteiger partial charge is 0.350 e. The highest BCUT2D eigenvalue weighted by Crippen LogP contribution is 2.30. The molecule has 7 nitrogen and oxygen atoms in total. The first kappa shape index (κ1) is 36.3. The van der Waals surface area contributed by atoms with Gasteiger partial charge in [-0.3, -0.25) is 13.9 Å². The van der Waals surface area contributed by atoms with Crippen LogP contribution in [0.5, 0.6) is 0 Å². The third-order valence-electron chi connectivity index (χ3n) is 7.44. The molecule has 0 unspecified atom stereocenters. The molecule has 2 amide bonds. The Hall–Kier alpha value is -3.56. The van der Waals surface area contributed by atoms with Crippen molar-refractivity contribution in [1.82, 2.24) is 10.2 Å². The van der Waals surface area contributed by atoms with Crippen molar-refractivity contribution in [3.05, 3.63) is 128 Å². The molecule has 0 heterocycles. The molecule has 1 atom stereocenters. The highest BCUT2D eigenvalue weighted by atomic mass is 35.5. The van der Waals surface area contributed by atoms with E-state index < -0.39 is 40.0 Å². The Morgan fingerprint density at radius 1 is 0.830 bits per heavy atom. The van der Waals surface area contributed by atoms with Gasteiger partial charge in [0.05, 0.1) is 10.6 Å². The minimum absolute atomic E-state index is 0.0175. The normalized spacial score (nSPS) is 12.3. The van der Waals surface area contributed by atoms with Crippen molar-refractivity contribution in [2.24, 2.45) is 0 Å². The molecule has 47 heavy (non-hydrogen) atoms. The molecule has 11 heteroatoms. The van der Waals surface area contributed by atoms with Crippen LogP contribution in [0.25, 0.3) is 0 Å². The lowest BCUT2D eigenvalue weighted by Gasteiger charge is -2.35. The fraction of sp³-hybridized carbons (Fsp3) is 0.278. The van der Waals surface area contributed by atoms with Crippen LogP contribution in [0.4, 0.5) is 5.69 Å². The molecule has 4 aromatic rings. The van der Waals surface area contributed by atoms with E-state index in [1.54, 1.807) is 55.5 Å². The van der Waals surface area contributed by atoms with Gasteiger partial charge in [-0.05, 0) is 93.8 Å². The number of halogens is 3. The van der Waals surface area contributed by atoms with E-state index in [1.807, 2.05) is 58.0 Å². The van der Waals surface area contributed by atoms with Crippen molar-refractivity contribution >= 4 is 62.3 Å². The predicted molar refractivity (Wildman–Crippen MR) is 191 cm³/mol. The molecule has 0 saturated carbocycles. The van der Waals surface area contributed by atoms with Crippen LogP contribution < -0.4 is 9.62 Å². The van der Waals surface area contributed by atoms with E-state index in [4.69, 9.17) is 34.8 Å². The topological polar surface area (TPSA) is 86.8 Å². The summed E-state index contributed by atoms with van der Waals surface area (Å²) in [6.07, 6.45) is 0.171. The Morgan fingerprint density at radius 2 is 1.45 bits per heavy atom. The molecule has 0 aliphatic heterocycles. The summed E-state index contributed by atoms with van der Waals surface area (Å²) >= 11 is 19.0. The Kier molecular flexibility index (Phi) is 11.7. The Balaban J connectivity index is 1.86. The van der Waals surface area contributed by atoms with Gasteiger partial charge in [0.1, 0.15) is 12.6 Å². The van der Waals surface area contributed by atoms with Crippen LogP contribution >= 0.6 is 34.8 Å². The zero-order valence-electron chi connectivity index (χ0n) is 26.9. The number of anilines is 1. The van der Waals surface area contributed by atoms with Gasteiger partial charge in [0.2, 0.25) is 11.8 Å². The van der Waals surface area contributed by atoms with Gasteiger partial charge in [0.25, 0.3) is 10.0 Å². The molecule has 248 valence electrons. The number of benzene rings is 4. The molecule has 0 saturated heterocycles. The molecular weight excluding hydrogens is 677 g/mol. The average molecular weight is 715 g/mol. The van der Waals surface area contributed by atoms with Crippen LogP contribution in [0.2, 0.25) is 15.1 Å². The van der Waals surface area contributed by atoms with Crippen LogP contribution in [0, 0.1) is 13.8 Å². The maximum atomic E-state index is 14.7. The predicted octanol–water partition coefficient (Wildman–Crippen LogP) is 8.01. The second-order valence-corrected chi connectivity index (χ2v) is 15.6. The van der Waals surface area contributed by atoms with Gasteiger partial charge in [-0.1, -0.05) is 88.9 Å². The van der Waals surface area contributed by atoms with Gasteiger partial charge in [0.15, 0.2) is 0 Å². The number of amides is 2. The summed E-state index contributed by atoms with van der Waals surface area (Å²) in [4.78, 5) is 30.1. The van der Waals surface area contributed by atoms with Crippen LogP contribution in [-0.4, -0.2) is 43.3 Å². The van der Waals surface area contributed by atoms with Gasteiger partial charge in [-0.2, -0.15) is 0 Å². The quantitative estimate of drug-likeness (QED) is 0.171. The Bertz CT molecular complexity index is 1840. The maximum Gasteiger partial charge on any atom is 0.264 e. The number of hydrogen-bond acceptors (Lipinski definition) is 4. The highest BCUT2D eigenvalue weighted by molar-refractivity contribution is 7.92. The number of nitrogens with one attached hydrogen (secondary N) is 1. The second-order valence-electron chi connectivity index (χ2n) is 12.5. The fourth-order valence-corrected chi connectivity index (χ4v) is 7.26. The highest BCUT2D eigenvalue weighted by Gasteiger charge is 2.36. The van der Waals surface area contributed by atoms with Gasteiger partial charge in [-0.25, -0.2) is 8.42 Å². The number of carbonyl (C=O) groups excluding carboxylic acids is 2. The zero-order valence-corrected chi connectivity index (χ0v) is 30.0. The van der Waals surface area contributed by atoms with E-state index in [9.17, 15) is 18.0 Å². The number of carbonyl (C=O) groups is 2. The molecule has 4 aromatic carbocycles. The number of sulfonamides is 1. The molecule has 4 rings (SSSR count). The summed E-state index contributed by atoms with van der Waals surface area (Å²) in [6.45, 7) is 8.46. The van der Waals surface area contributed by atoms with Gasteiger partial charge in [-0.15, -0.1) is 0 Å². The molecule has 0 fully saturated rings. The van der Waals surface area contributed by atoms with Crippen molar-refractivity contribution in [3.8, 4) is 0 Å². The third kappa shape index (κ3) is 9.51.